The summed E-state index contributed by atoms with van der Waals surface area (Å²) in [6, 6.07) is 2.03. The lowest BCUT2D eigenvalue weighted by molar-refractivity contribution is -0.141. The molecule has 1 heterocycles. The lowest BCUT2D eigenvalue weighted by Gasteiger charge is -2.26. The Morgan fingerprint density at radius 2 is 2.05 bits per heavy atom. The number of carboxylic acid groups (broad SMARTS) is 1. The number of aromatic nitrogens is 1. The molecule has 1 aromatic heterocycles. The van der Waals surface area contributed by atoms with Crippen molar-refractivity contribution in [3.05, 3.63) is 29.6 Å². The van der Waals surface area contributed by atoms with Crippen LogP contribution in [0.25, 0.3) is 0 Å². The second-order valence-corrected chi connectivity index (χ2v) is 4.97. The van der Waals surface area contributed by atoms with E-state index in [0.29, 0.717) is 0 Å². The van der Waals surface area contributed by atoms with Crippen LogP contribution < -0.4 is 5.32 Å². The molecule has 0 aromatic carbocycles. The number of nitrogens with zero attached hydrogens (tertiary/aromatic N) is 2. The van der Waals surface area contributed by atoms with Crippen molar-refractivity contribution in [2.24, 2.45) is 0 Å². The smallest absolute Gasteiger partial charge is 0.326 e. The lowest BCUT2D eigenvalue weighted by Crippen LogP contribution is -2.44. The molecule has 0 radical (unpaired) electrons. The van der Waals surface area contributed by atoms with Crippen molar-refractivity contribution in [2.75, 3.05) is 7.05 Å². The number of nitrogens with one attached hydrogen (secondary N) is 1. The van der Waals surface area contributed by atoms with Gasteiger partial charge in [-0.2, -0.15) is 0 Å². The van der Waals surface area contributed by atoms with E-state index in [1.54, 1.807) is 0 Å². The van der Waals surface area contributed by atoms with E-state index < -0.39 is 12.0 Å². The molecular formula is C14H17N3O4. The second-order valence-electron chi connectivity index (χ2n) is 4.97. The van der Waals surface area contributed by atoms with Gasteiger partial charge in [0.25, 0.3) is 11.8 Å². The third-order valence-corrected chi connectivity index (χ3v) is 3.42. The summed E-state index contributed by atoms with van der Waals surface area (Å²) in [7, 11) is 1.49. The Balaban J connectivity index is 2.21. The Kier molecular flexibility index (Phi) is 4.21. The molecule has 7 nitrogen and oxygen atoms in total. The number of carbonyl (C=O) groups excluding carboxylic acids is 2. The van der Waals surface area contributed by atoms with Crippen molar-refractivity contribution in [1.29, 1.82) is 0 Å². The quantitative estimate of drug-likeness (QED) is 0.824. The SMILES string of the molecule is CNC(=O)c1ccc(C(=O)N(C2CC2)C(C)C(=O)O)cn1. The maximum Gasteiger partial charge on any atom is 0.326 e. The number of carbonyl (C=O) groups is 3. The molecule has 2 amide bonds. The van der Waals surface area contributed by atoms with Crippen LogP contribution >= 0.6 is 0 Å². The second kappa shape index (κ2) is 5.90. The van der Waals surface area contributed by atoms with E-state index in [1.165, 1.54) is 37.2 Å². The number of hydrogen-bond donors (Lipinski definition) is 2. The number of hydrogen-bond acceptors (Lipinski definition) is 4. The highest BCUT2D eigenvalue weighted by Gasteiger charge is 2.38. The summed E-state index contributed by atoms with van der Waals surface area (Å²) in [5, 5.41) is 11.6. The van der Waals surface area contributed by atoms with Crippen molar-refractivity contribution >= 4 is 17.8 Å². The van der Waals surface area contributed by atoms with Gasteiger partial charge in [0.2, 0.25) is 0 Å². The van der Waals surface area contributed by atoms with Gasteiger partial charge in [-0.15, -0.1) is 0 Å². The molecule has 1 saturated carbocycles. The number of rotatable bonds is 5. The first-order valence-corrected chi connectivity index (χ1v) is 6.69. The summed E-state index contributed by atoms with van der Waals surface area (Å²) in [4.78, 5) is 40.3. The van der Waals surface area contributed by atoms with Crippen molar-refractivity contribution in [1.82, 2.24) is 15.2 Å². The first kappa shape index (κ1) is 15.0. The van der Waals surface area contributed by atoms with Crippen LogP contribution in [0.5, 0.6) is 0 Å². The Bertz CT molecular complexity index is 566. The van der Waals surface area contributed by atoms with E-state index in [4.69, 9.17) is 5.11 Å². The molecule has 1 atom stereocenters. The molecule has 2 N–H and O–H groups in total. The number of amides is 2. The summed E-state index contributed by atoms with van der Waals surface area (Å²) in [5.41, 5.74) is 0.487. The van der Waals surface area contributed by atoms with Crippen molar-refractivity contribution in [3.63, 3.8) is 0 Å². The first-order valence-electron chi connectivity index (χ1n) is 6.69. The minimum absolute atomic E-state index is 0.0257. The number of carboxylic acids is 1. The van der Waals surface area contributed by atoms with Crippen LogP contribution in [0.4, 0.5) is 0 Å². The molecule has 0 spiro atoms. The average Bonchev–Trinajstić information content (AvgIpc) is 3.31. The van der Waals surface area contributed by atoms with Crippen molar-refractivity contribution in [3.8, 4) is 0 Å². The van der Waals surface area contributed by atoms with Gasteiger partial charge in [-0.05, 0) is 31.9 Å². The van der Waals surface area contributed by atoms with Gasteiger partial charge >= 0.3 is 5.97 Å². The summed E-state index contributed by atoms with van der Waals surface area (Å²) < 4.78 is 0. The minimum atomic E-state index is -1.04. The van der Waals surface area contributed by atoms with Crippen LogP contribution in [0, 0.1) is 0 Å². The van der Waals surface area contributed by atoms with E-state index in [0.717, 1.165) is 12.8 Å². The fraction of sp³-hybridized carbons (Fsp3) is 0.429. The van der Waals surface area contributed by atoms with Gasteiger partial charge in [-0.25, -0.2) is 4.79 Å². The number of pyridine rings is 1. The van der Waals surface area contributed by atoms with E-state index in [1.807, 2.05) is 0 Å². The molecule has 1 unspecified atom stereocenters. The third kappa shape index (κ3) is 3.18. The zero-order valence-electron chi connectivity index (χ0n) is 11.9. The normalized spacial score (nSPS) is 15.1. The Morgan fingerprint density at radius 1 is 1.38 bits per heavy atom. The first-order chi connectivity index (χ1) is 9.95. The highest BCUT2D eigenvalue weighted by Crippen LogP contribution is 2.30. The van der Waals surface area contributed by atoms with E-state index in [9.17, 15) is 14.4 Å². The Morgan fingerprint density at radius 3 is 2.48 bits per heavy atom. The monoisotopic (exact) mass is 291 g/mol. The van der Waals surface area contributed by atoms with Crippen LogP contribution in [0.3, 0.4) is 0 Å². The standard InChI is InChI=1S/C14H17N3O4/c1-8(14(20)21)17(10-4-5-10)13(19)9-3-6-11(16-7-9)12(18)15-2/h3,6-8,10H,4-5H2,1-2H3,(H,15,18)(H,20,21). The summed E-state index contributed by atoms with van der Waals surface area (Å²) in [6.07, 6.45) is 2.93. The highest BCUT2D eigenvalue weighted by molar-refractivity contribution is 5.98. The zero-order chi connectivity index (χ0) is 15.6. The molecular weight excluding hydrogens is 274 g/mol. The van der Waals surface area contributed by atoms with Crippen LogP contribution in [-0.2, 0) is 4.79 Å². The van der Waals surface area contributed by atoms with Crippen LogP contribution in [-0.4, -0.2) is 51.9 Å². The third-order valence-electron chi connectivity index (χ3n) is 3.42. The van der Waals surface area contributed by atoms with E-state index in [2.05, 4.69) is 10.3 Å². The van der Waals surface area contributed by atoms with E-state index in [-0.39, 0.29) is 29.1 Å². The molecule has 112 valence electrons. The molecule has 0 bridgehead atoms. The maximum absolute atomic E-state index is 12.4. The largest absolute Gasteiger partial charge is 0.480 e. The molecule has 7 heteroatoms. The van der Waals surface area contributed by atoms with Gasteiger partial charge in [0.1, 0.15) is 11.7 Å². The molecule has 0 aliphatic heterocycles. The van der Waals surface area contributed by atoms with Gasteiger partial charge < -0.3 is 15.3 Å². The summed E-state index contributed by atoms with van der Waals surface area (Å²) in [5.74, 6) is -1.75. The molecule has 0 saturated heterocycles. The van der Waals surface area contributed by atoms with Gasteiger partial charge in [0.05, 0.1) is 5.56 Å². The minimum Gasteiger partial charge on any atom is -0.480 e. The lowest BCUT2D eigenvalue weighted by atomic mass is 10.2. The van der Waals surface area contributed by atoms with Crippen LogP contribution in [0.1, 0.15) is 40.6 Å². The Hall–Kier alpha value is -2.44. The molecule has 1 aliphatic carbocycles. The fourth-order valence-corrected chi connectivity index (χ4v) is 2.06. The molecule has 21 heavy (non-hydrogen) atoms. The van der Waals surface area contributed by atoms with Crippen LogP contribution in [0.15, 0.2) is 18.3 Å². The molecule has 2 rings (SSSR count). The zero-order valence-corrected chi connectivity index (χ0v) is 11.9. The number of aliphatic carboxylic acids is 1. The topological polar surface area (TPSA) is 99.6 Å². The fourth-order valence-electron chi connectivity index (χ4n) is 2.06. The van der Waals surface area contributed by atoms with Gasteiger partial charge in [-0.3, -0.25) is 14.6 Å². The van der Waals surface area contributed by atoms with Gasteiger partial charge in [-0.1, -0.05) is 0 Å². The molecule has 1 fully saturated rings. The highest BCUT2D eigenvalue weighted by atomic mass is 16.4. The van der Waals surface area contributed by atoms with Crippen LogP contribution in [0.2, 0.25) is 0 Å². The molecule has 1 aliphatic rings. The van der Waals surface area contributed by atoms with Crippen molar-refractivity contribution in [2.45, 2.75) is 31.8 Å². The maximum atomic E-state index is 12.4. The average molecular weight is 291 g/mol. The Labute approximate surface area is 122 Å². The summed E-state index contributed by atoms with van der Waals surface area (Å²) in [6.45, 7) is 1.49. The predicted octanol–water partition coefficient (Wildman–Crippen LogP) is 0.519. The predicted molar refractivity (Wildman–Crippen MR) is 73.9 cm³/mol. The van der Waals surface area contributed by atoms with E-state index >= 15 is 0 Å². The van der Waals surface area contributed by atoms with Gasteiger partial charge in [0, 0.05) is 19.3 Å². The van der Waals surface area contributed by atoms with Gasteiger partial charge in [0.15, 0.2) is 0 Å². The van der Waals surface area contributed by atoms with Crippen molar-refractivity contribution < 1.29 is 19.5 Å². The summed E-state index contributed by atoms with van der Waals surface area (Å²) >= 11 is 0. The molecule has 1 aromatic rings.